The molecule has 1 aromatic heterocycles. The Hall–Kier alpha value is -1.58. The van der Waals surface area contributed by atoms with Crippen molar-refractivity contribution in [2.24, 2.45) is 0 Å². The van der Waals surface area contributed by atoms with E-state index >= 15 is 0 Å². The summed E-state index contributed by atoms with van der Waals surface area (Å²) in [5.74, 6) is 0.684. The minimum Gasteiger partial charge on any atom is -0.443 e. The highest BCUT2D eigenvalue weighted by Crippen LogP contribution is 2.24. The second kappa shape index (κ2) is 11.1. The van der Waals surface area contributed by atoms with Crippen molar-refractivity contribution >= 4 is 11.9 Å². The highest BCUT2D eigenvalue weighted by atomic mass is 16.6. The summed E-state index contributed by atoms with van der Waals surface area (Å²) in [5.41, 5.74) is -0.512. The van der Waals surface area contributed by atoms with Crippen LogP contribution in [0.4, 0.5) is 10.6 Å². The van der Waals surface area contributed by atoms with Crippen molar-refractivity contribution in [2.75, 3.05) is 4.90 Å². The van der Waals surface area contributed by atoms with Crippen LogP contribution in [0.2, 0.25) is 0 Å². The normalized spacial score (nSPS) is 12.7. The Morgan fingerprint density at radius 1 is 1.08 bits per heavy atom. The van der Waals surface area contributed by atoms with Gasteiger partial charge in [-0.1, -0.05) is 58.4 Å². The van der Waals surface area contributed by atoms with Crippen molar-refractivity contribution in [1.82, 2.24) is 4.98 Å². The zero-order valence-electron chi connectivity index (χ0n) is 16.8. The second-order valence-corrected chi connectivity index (χ2v) is 7.68. The number of carbonyl (C=O) groups is 1. The Morgan fingerprint density at radius 3 is 2.36 bits per heavy atom. The van der Waals surface area contributed by atoms with Crippen molar-refractivity contribution < 1.29 is 9.53 Å². The molecule has 0 radical (unpaired) electrons. The third-order valence-corrected chi connectivity index (χ3v) is 4.11. The van der Waals surface area contributed by atoms with E-state index < -0.39 is 5.60 Å². The molecule has 1 unspecified atom stereocenters. The van der Waals surface area contributed by atoms with E-state index in [1.165, 1.54) is 25.7 Å². The fraction of sp³-hybridized carbons (Fsp3) is 0.714. The molecular formula is C21H36N2O2. The molecule has 0 fully saturated rings. The SMILES string of the molecule is CCCCCCCC(CCC)N(C(=O)OC(C)(C)C)c1ccccn1. The molecule has 1 aromatic rings. The molecule has 4 nitrogen and oxygen atoms in total. The molecule has 0 aliphatic rings. The fourth-order valence-electron chi connectivity index (χ4n) is 2.96. The molecule has 0 spiro atoms. The van der Waals surface area contributed by atoms with Gasteiger partial charge in [0.25, 0.3) is 0 Å². The van der Waals surface area contributed by atoms with Crippen LogP contribution in [0.15, 0.2) is 24.4 Å². The van der Waals surface area contributed by atoms with E-state index in [1.54, 1.807) is 11.1 Å². The average Bonchev–Trinajstić information content (AvgIpc) is 2.54. The number of rotatable bonds is 10. The number of carbonyl (C=O) groups excluding carboxylic acids is 1. The smallest absolute Gasteiger partial charge is 0.416 e. The number of hydrogen-bond donors (Lipinski definition) is 0. The average molecular weight is 349 g/mol. The van der Waals surface area contributed by atoms with E-state index in [0.29, 0.717) is 5.82 Å². The summed E-state index contributed by atoms with van der Waals surface area (Å²) in [5, 5.41) is 0. The number of ether oxygens (including phenoxy) is 1. The van der Waals surface area contributed by atoms with Crippen LogP contribution in [0.3, 0.4) is 0 Å². The van der Waals surface area contributed by atoms with E-state index in [9.17, 15) is 4.79 Å². The Kier molecular flexibility index (Phi) is 9.54. The zero-order valence-corrected chi connectivity index (χ0v) is 16.8. The highest BCUT2D eigenvalue weighted by molar-refractivity contribution is 5.87. The van der Waals surface area contributed by atoms with E-state index in [2.05, 4.69) is 18.8 Å². The minimum atomic E-state index is -0.512. The second-order valence-electron chi connectivity index (χ2n) is 7.68. The molecule has 0 bridgehead atoms. The Bertz CT molecular complexity index is 482. The van der Waals surface area contributed by atoms with Gasteiger partial charge in [-0.15, -0.1) is 0 Å². The van der Waals surface area contributed by atoms with E-state index in [1.807, 2.05) is 39.0 Å². The minimum absolute atomic E-state index is 0.136. The summed E-state index contributed by atoms with van der Waals surface area (Å²) < 4.78 is 5.67. The Balaban J connectivity index is 2.90. The van der Waals surface area contributed by atoms with Crippen molar-refractivity contribution in [3.8, 4) is 0 Å². The maximum absolute atomic E-state index is 12.9. The Morgan fingerprint density at radius 2 is 1.80 bits per heavy atom. The van der Waals surface area contributed by atoms with Crippen LogP contribution in [-0.4, -0.2) is 22.7 Å². The lowest BCUT2D eigenvalue weighted by molar-refractivity contribution is 0.0560. The number of amides is 1. The lowest BCUT2D eigenvalue weighted by atomic mass is 10.0. The Labute approximate surface area is 154 Å². The lowest BCUT2D eigenvalue weighted by Crippen LogP contribution is -2.44. The van der Waals surface area contributed by atoms with Gasteiger partial charge in [0.05, 0.1) is 0 Å². The summed E-state index contributed by atoms with van der Waals surface area (Å²) in [4.78, 5) is 19.1. The van der Waals surface area contributed by atoms with Gasteiger partial charge in [0.2, 0.25) is 0 Å². The lowest BCUT2D eigenvalue weighted by Gasteiger charge is -2.33. The van der Waals surface area contributed by atoms with Gasteiger partial charge < -0.3 is 4.74 Å². The van der Waals surface area contributed by atoms with Crippen LogP contribution in [0.1, 0.15) is 86.0 Å². The first-order valence-corrected chi connectivity index (χ1v) is 9.82. The summed E-state index contributed by atoms with van der Waals surface area (Å²) in [6, 6.07) is 5.82. The van der Waals surface area contributed by atoms with E-state index in [-0.39, 0.29) is 12.1 Å². The van der Waals surface area contributed by atoms with Gasteiger partial charge >= 0.3 is 6.09 Å². The molecule has 1 atom stereocenters. The standard InChI is InChI=1S/C21H36N2O2/c1-6-8-9-10-11-15-18(14-7-2)23(19-16-12-13-17-22-19)20(24)25-21(3,4)5/h12-13,16-18H,6-11,14-15H2,1-5H3. The van der Waals surface area contributed by atoms with Gasteiger partial charge in [0.1, 0.15) is 11.4 Å². The van der Waals surface area contributed by atoms with Gasteiger partial charge in [-0.05, 0) is 45.7 Å². The molecule has 1 heterocycles. The first-order chi connectivity index (χ1) is 11.9. The molecule has 1 rings (SSSR count). The van der Waals surface area contributed by atoms with Crippen LogP contribution >= 0.6 is 0 Å². The molecule has 0 aliphatic heterocycles. The number of aromatic nitrogens is 1. The van der Waals surface area contributed by atoms with Gasteiger partial charge in [-0.2, -0.15) is 0 Å². The van der Waals surface area contributed by atoms with Crippen LogP contribution in [0.5, 0.6) is 0 Å². The molecular weight excluding hydrogens is 312 g/mol. The number of nitrogens with zero attached hydrogens (tertiary/aromatic N) is 2. The third kappa shape index (κ3) is 8.37. The molecule has 0 aromatic carbocycles. The van der Waals surface area contributed by atoms with Crippen LogP contribution in [0.25, 0.3) is 0 Å². The quantitative estimate of drug-likeness (QED) is 0.462. The van der Waals surface area contributed by atoms with Gasteiger partial charge in [0.15, 0.2) is 0 Å². The summed E-state index contributed by atoms with van der Waals surface area (Å²) in [7, 11) is 0. The molecule has 0 N–H and O–H groups in total. The number of hydrogen-bond acceptors (Lipinski definition) is 3. The molecule has 142 valence electrons. The van der Waals surface area contributed by atoms with Crippen LogP contribution < -0.4 is 4.90 Å². The zero-order chi connectivity index (χ0) is 18.7. The van der Waals surface area contributed by atoms with Crippen molar-refractivity contribution in [2.45, 2.75) is 97.6 Å². The first-order valence-electron chi connectivity index (χ1n) is 9.82. The topological polar surface area (TPSA) is 42.4 Å². The van der Waals surface area contributed by atoms with Gasteiger partial charge in [0, 0.05) is 12.2 Å². The third-order valence-electron chi connectivity index (χ3n) is 4.11. The van der Waals surface area contributed by atoms with Gasteiger partial charge in [-0.3, -0.25) is 4.90 Å². The van der Waals surface area contributed by atoms with Crippen molar-refractivity contribution in [3.05, 3.63) is 24.4 Å². The number of unbranched alkanes of at least 4 members (excludes halogenated alkanes) is 4. The molecule has 0 saturated carbocycles. The highest BCUT2D eigenvalue weighted by Gasteiger charge is 2.29. The summed E-state index contributed by atoms with van der Waals surface area (Å²) in [6.45, 7) is 10.1. The number of pyridine rings is 1. The number of anilines is 1. The van der Waals surface area contributed by atoms with Crippen LogP contribution in [0, 0.1) is 0 Å². The monoisotopic (exact) mass is 348 g/mol. The summed E-state index contributed by atoms with van der Waals surface area (Å²) >= 11 is 0. The predicted molar refractivity (Wildman–Crippen MR) is 105 cm³/mol. The van der Waals surface area contributed by atoms with Crippen molar-refractivity contribution in [1.29, 1.82) is 0 Å². The molecule has 4 heteroatoms. The van der Waals surface area contributed by atoms with E-state index in [0.717, 1.165) is 25.7 Å². The first kappa shape index (κ1) is 21.5. The predicted octanol–water partition coefficient (Wildman–Crippen LogP) is 6.35. The maximum atomic E-state index is 12.9. The largest absolute Gasteiger partial charge is 0.443 e. The fourth-order valence-corrected chi connectivity index (χ4v) is 2.96. The molecule has 0 saturated heterocycles. The van der Waals surface area contributed by atoms with E-state index in [4.69, 9.17) is 4.74 Å². The van der Waals surface area contributed by atoms with Crippen molar-refractivity contribution in [3.63, 3.8) is 0 Å². The van der Waals surface area contributed by atoms with Gasteiger partial charge in [-0.25, -0.2) is 9.78 Å². The molecule has 1 amide bonds. The van der Waals surface area contributed by atoms with Crippen LogP contribution in [-0.2, 0) is 4.74 Å². The molecule has 0 aliphatic carbocycles. The summed E-state index contributed by atoms with van der Waals surface area (Å²) in [6.07, 6.45) is 10.6. The molecule has 25 heavy (non-hydrogen) atoms. The maximum Gasteiger partial charge on any atom is 0.416 e.